The van der Waals surface area contributed by atoms with E-state index < -0.39 is 5.54 Å². The van der Waals surface area contributed by atoms with E-state index in [1.54, 1.807) is 11.8 Å². The van der Waals surface area contributed by atoms with Crippen molar-refractivity contribution < 1.29 is 4.79 Å². The number of rotatable bonds is 3. The van der Waals surface area contributed by atoms with E-state index >= 15 is 0 Å². The number of carbonyl (C=O) groups excluding carboxylic acids is 1. The molecule has 3 rings (SSSR count). The summed E-state index contributed by atoms with van der Waals surface area (Å²) in [4.78, 5) is 13.7. The number of thioether (sulfide) groups is 1. The van der Waals surface area contributed by atoms with E-state index in [0.29, 0.717) is 12.8 Å². The number of nitrogens with zero attached hydrogens (tertiary/aromatic N) is 4. The monoisotopic (exact) mass is 313 g/mol. The van der Waals surface area contributed by atoms with Gasteiger partial charge in [-0.15, -0.1) is 5.10 Å². The highest BCUT2D eigenvalue weighted by molar-refractivity contribution is 7.99. The molecule has 7 heteroatoms. The molecule has 0 radical (unpaired) electrons. The molecular formula is C15H15N5OS. The van der Waals surface area contributed by atoms with E-state index in [-0.39, 0.29) is 11.6 Å². The molecule has 1 aliphatic heterocycles. The Hall–Kier alpha value is -2.33. The second-order valence-corrected chi connectivity index (χ2v) is 6.34. The van der Waals surface area contributed by atoms with Crippen molar-refractivity contribution in [1.29, 1.82) is 5.26 Å². The van der Waals surface area contributed by atoms with Crippen LogP contribution in [-0.2, 0) is 0 Å². The standard InChI is InChI=1S/C15H15N5OS/c16-11-15(6-8-22-9-7-15)18-14(21)13-10-17-20(19-13)12-4-2-1-3-5-12/h1-5,10H,6-9H2,(H,18,21). The van der Waals surface area contributed by atoms with Crippen LogP contribution in [0.15, 0.2) is 36.5 Å². The minimum atomic E-state index is -0.779. The van der Waals surface area contributed by atoms with Crippen molar-refractivity contribution in [3.8, 4) is 11.8 Å². The smallest absolute Gasteiger partial charge is 0.274 e. The first-order valence-corrected chi connectivity index (χ1v) is 8.17. The Bertz CT molecular complexity index is 700. The molecule has 6 nitrogen and oxygen atoms in total. The minimum Gasteiger partial charge on any atom is -0.332 e. The van der Waals surface area contributed by atoms with Gasteiger partial charge in [0.1, 0.15) is 5.54 Å². The summed E-state index contributed by atoms with van der Waals surface area (Å²) in [6.07, 6.45) is 2.74. The Morgan fingerprint density at radius 2 is 2.05 bits per heavy atom. The van der Waals surface area contributed by atoms with Crippen molar-refractivity contribution in [3.05, 3.63) is 42.2 Å². The van der Waals surface area contributed by atoms with Gasteiger partial charge in [0.25, 0.3) is 5.91 Å². The third kappa shape index (κ3) is 2.97. The molecule has 22 heavy (non-hydrogen) atoms. The fourth-order valence-corrected chi connectivity index (χ4v) is 3.51. The summed E-state index contributed by atoms with van der Waals surface area (Å²) in [5.74, 6) is 1.41. The average molecular weight is 313 g/mol. The van der Waals surface area contributed by atoms with Gasteiger partial charge in [0.2, 0.25) is 0 Å². The molecule has 2 aromatic rings. The molecule has 1 fully saturated rings. The van der Waals surface area contributed by atoms with Crippen LogP contribution in [0.25, 0.3) is 5.69 Å². The van der Waals surface area contributed by atoms with Gasteiger partial charge in [0.05, 0.1) is 18.0 Å². The number of nitrogens with one attached hydrogen (secondary N) is 1. The second-order valence-electron chi connectivity index (χ2n) is 5.12. The van der Waals surface area contributed by atoms with Gasteiger partial charge in [-0.05, 0) is 36.5 Å². The fraction of sp³-hybridized carbons (Fsp3) is 0.333. The Kier molecular flexibility index (Phi) is 4.11. The summed E-state index contributed by atoms with van der Waals surface area (Å²) in [6.45, 7) is 0. The van der Waals surface area contributed by atoms with Gasteiger partial charge in [-0.2, -0.15) is 26.9 Å². The molecule has 1 aliphatic rings. The van der Waals surface area contributed by atoms with Crippen LogP contribution in [0, 0.1) is 11.3 Å². The van der Waals surface area contributed by atoms with Crippen LogP contribution < -0.4 is 5.32 Å². The first-order chi connectivity index (χ1) is 10.7. The molecule has 0 atom stereocenters. The average Bonchev–Trinajstić information content (AvgIpc) is 3.07. The summed E-state index contributed by atoms with van der Waals surface area (Å²) in [5, 5.41) is 20.5. The van der Waals surface area contributed by atoms with E-state index in [4.69, 9.17) is 0 Å². The van der Waals surface area contributed by atoms with Crippen molar-refractivity contribution >= 4 is 17.7 Å². The number of para-hydroxylation sites is 1. The van der Waals surface area contributed by atoms with Crippen molar-refractivity contribution in [2.24, 2.45) is 0 Å². The summed E-state index contributed by atoms with van der Waals surface area (Å²) < 4.78 is 0. The zero-order chi connectivity index (χ0) is 15.4. The van der Waals surface area contributed by atoms with Crippen LogP contribution >= 0.6 is 11.8 Å². The van der Waals surface area contributed by atoms with Gasteiger partial charge in [0, 0.05) is 0 Å². The normalized spacial score (nSPS) is 16.7. The predicted octanol–water partition coefficient (Wildman–Crippen LogP) is 1.79. The van der Waals surface area contributed by atoms with Gasteiger partial charge in [-0.25, -0.2) is 0 Å². The summed E-state index contributed by atoms with van der Waals surface area (Å²) >= 11 is 1.80. The highest BCUT2D eigenvalue weighted by Crippen LogP contribution is 2.26. The van der Waals surface area contributed by atoms with Crippen molar-refractivity contribution in [3.63, 3.8) is 0 Å². The number of aromatic nitrogens is 3. The number of nitriles is 1. The quantitative estimate of drug-likeness (QED) is 0.934. The van der Waals surface area contributed by atoms with Gasteiger partial charge < -0.3 is 5.32 Å². The maximum absolute atomic E-state index is 12.3. The zero-order valence-electron chi connectivity index (χ0n) is 11.9. The molecule has 0 bridgehead atoms. The van der Waals surface area contributed by atoms with E-state index in [2.05, 4.69) is 21.6 Å². The molecule has 2 heterocycles. The number of hydrogen-bond donors (Lipinski definition) is 1. The fourth-order valence-electron chi connectivity index (χ4n) is 2.32. The third-order valence-electron chi connectivity index (χ3n) is 3.62. The number of carbonyl (C=O) groups is 1. The lowest BCUT2D eigenvalue weighted by Crippen LogP contribution is -2.49. The van der Waals surface area contributed by atoms with Crippen LogP contribution in [0.3, 0.4) is 0 Å². The largest absolute Gasteiger partial charge is 0.332 e. The van der Waals surface area contributed by atoms with Crippen molar-refractivity contribution in [1.82, 2.24) is 20.3 Å². The maximum Gasteiger partial charge on any atom is 0.274 e. The predicted molar refractivity (Wildman–Crippen MR) is 83.7 cm³/mol. The first kappa shape index (κ1) is 14.6. The lowest BCUT2D eigenvalue weighted by molar-refractivity contribution is 0.0910. The van der Waals surface area contributed by atoms with E-state index in [0.717, 1.165) is 17.2 Å². The van der Waals surface area contributed by atoms with E-state index in [1.165, 1.54) is 11.0 Å². The van der Waals surface area contributed by atoms with Crippen molar-refractivity contribution in [2.75, 3.05) is 11.5 Å². The Labute approximate surface area is 132 Å². The Balaban J connectivity index is 1.76. The highest BCUT2D eigenvalue weighted by atomic mass is 32.2. The molecule has 1 N–H and O–H groups in total. The number of amides is 1. The van der Waals surface area contributed by atoms with Gasteiger partial charge in [0.15, 0.2) is 5.69 Å². The maximum atomic E-state index is 12.3. The molecule has 0 unspecified atom stereocenters. The third-order valence-corrected chi connectivity index (χ3v) is 4.61. The molecule has 1 amide bonds. The topological polar surface area (TPSA) is 83.6 Å². The van der Waals surface area contributed by atoms with Crippen molar-refractivity contribution in [2.45, 2.75) is 18.4 Å². The van der Waals surface area contributed by atoms with Gasteiger partial charge in [-0.1, -0.05) is 18.2 Å². The lowest BCUT2D eigenvalue weighted by Gasteiger charge is -2.30. The van der Waals surface area contributed by atoms with E-state index in [1.807, 2.05) is 30.3 Å². The van der Waals surface area contributed by atoms with Crippen LogP contribution in [0.1, 0.15) is 23.3 Å². The summed E-state index contributed by atoms with van der Waals surface area (Å²) in [7, 11) is 0. The molecule has 0 aliphatic carbocycles. The second kappa shape index (κ2) is 6.20. The summed E-state index contributed by atoms with van der Waals surface area (Å²) in [5.41, 5.74) is 0.223. The van der Waals surface area contributed by atoms with Crippen LogP contribution in [0.5, 0.6) is 0 Å². The number of hydrogen-bond acceptors (Lipinski definition) is 5. The number of benzene rings is 1. The highest BCUT2D eigenvalue weighted by Gasteiger charge is 2.34. The van der Waals surface area contributed by atoms with Gasteiger partial charge >= 0.3 is 0 Å². The molecule has 0 saturated carbocycles. The molecule has 112 valence electrons. The van der Waals surface area contributed by atoms with E-state index in [9.17, 15) is 10.1 Å². The molecule has 1 saturated heterocycles. The van der Waals surface area contributed by atoms with Gasteiger partial charge in [-0.3, -0.25) is 4.79 Å². The van der Waals surface area contributed by atoms with Crippen LogP contribution in [-0.4, -0.2) is 37.9 Å². The zero-order valence-corrected chi connectivity index (χ0v) is 12.7. The molecule has 0 spiro atoms. The minimum absolute atomic E-state index is 0.219. The molecule has 1 aromatic heterocycles. The SMILES string of the molecule is N#CC1(NC(=O)c2cnn(-c3ccccc3)n2)CCSCC1. The van der Waals surface area contributed by atoms with Crippen LogP contribution in [0.2, 0.25) is 0 Å². The van der Waals surface area contributed by atoms with Crippen LogP contribution in [0.4, 0.5) is 0 Å². The molecular weight excluding hydrogens is 298 g/mol. The first-order valence-electron chi connectivity index (χ1n) is 7.02. The Morgan fingerprint density at radius 3 is 2.73 bits per heavy atom. The summed E-state index contributed by atoms with van der Waals surface area (Å²) in [6, 6.07) is 11.6. The lowest BCUT2D eigenvalue weighted by atomic mass is 9.94. The Morgan fingerprint density at radius 1 is 1.32 bits per heavy atom. The molecule has 1 aromatic carbocycles.